The summed E-state index contributed by atoms with van der Waals surface area (Å²) in [6, 6.07) is 0.735. The van der Waals surface area contributed by atoms with Crippen LogP contribution in [-0.4, -0.2) is 20.6 Å². The van der Waals surface area contributed by atoms with Crippen LogP contribution in [0, 0.1) is 0 Å². The van der Waals surface area contributed by atoms with Crippen LogP contribution in [0.3, 0.4) is 0 Å². The third kappa shape index (κ3) is 2.01. The Labute approximate surface area is 98.4 Å². The number of aromatic nitrogens is 3. The molecule has 84 valence electrons. The summed E-state index contributed by atoms with van der Waals surface area (Å²) in [5.41, 5.74) is 1.12. The van der Waals surface area contributed by atoms with Gasteiger partial charge >= 0.3 is 0 Å². The van der Waals surface area contributed by atoms with E-state index in [-0.39, 0.29) is 0 Å². The van der Waals surface area contributed by atoms with Crippen LogP contribution in [0.15, 0.2) is 17.8 Å². The molecule has 1 fully saturated rings. The number of rotatable bonds is 4. The predicted octanol–water partition coefficient (Wildman–Crippen LogP) is 1.80. The van der Waals surface area contributed by atoms with Gasteiger partial charge in [0, 0.05) is 37.4 Å². The van der Waals surface area contributed by atoms with Gasteiger partial charge in [-0.25, -0.2) is 9.97 Å². The summed E-state index contributed by atoms with van der Waals surface area (Å²) < 4.78 is 2.00. The van der Waals surface area contributed by atoms with E-state index in [1.54, 1.807) is 17.5 Å². The monoisotopic (exact) mass is 234 g/mol. The highest BCUT2D eigenvalue weighted by Gasteiger charge is 2.20. The number of imidazole rings is 1. The number of nitrogens with zero attached hydrogens (tertiary/aromatic N) is 3. The zero-order valence-electron chi connectivity index (χ0n) is 9.18. The van der Waals surface area contributed by atoms with Crippen LogP contribution in [0.25, 0.3) is 10.8 Å². The molecule has 1 saturated carbocycles. The van der Waals surface area contributed by atoms with Gasteiger partial charge in [0.1, 0.15) is 0 Å². The molecule has 2 aromatic heterocycles. The minimum Gasteiger partial charge on any atom is -0.332 e. The first-order chi connectivity index (χ1) is 7.83. The summed E-state index contributed by atoms with van der Waals surface area (Å²) in [4.78, 5) is 8.88. The number of hydrogen-bond donors (Lipinski definition) is 1. The van der Waals surface area contributed by atoms with Crippen molar-refractivity contribution in [2.75, 3.05) is 0 Å². The summed E-state index contributed by atoms with van der Waals surface area (Å²) >= 11 is 1.66. The van der Waals surface area contributed by atoms with Crippen molar-refractivity contribution in [3.8, 4) is 10.8 Å². The summed E-state index contributed by atoms with van der Waals surface area (Å²) in [5, 5.41) is 6.57. The van der Waals surface area contributed by atoms with Gasteiger partial charge in [-0.05, 0) is 12.8 Å². The summed E-state index contributed by atoms with van der Waals surface area (Å²) in [5.74, 6) is 0.947. The molecule has 5 heteroatoms. The third-order valence-corrected chi connectivity index (χ3v) is 3.60. The second kappa shape index (κ2) is 3.99. The molecular weight excluding hydrogens is 220 g/mol. The van der Waals surface area contributed by atoms with Crippen LogP contribution in [0.2, 0.25) is 0 Å². The van der Waals surface area contributed by atoms with E-state index in [1.165, 1.54) is 12.8 Å². The molecule has 1 N–H and O–H groups in total. The molecule has 4 nitrogen and oxygen atoms in total. The smallest absolute Gasteiger partial charge is 0.168 e. The maximum Gasteiger partial charge on any atom is 0.168 e. The summed E-state index contributed by atoms with van der Waals surface area (Å²) in [7, 11) is 1.99. The van der Waals surface area contributed by atoms with Crippen molar-refractivity contribution in [2.45, 2.75) is 25.4 Å². The maximum atomic E-state index is 4.59. The van der Waals surface area contributed by atoms with Crippen molar-refractivity contribution in [2.24, 2.45) is 7.05 Å². The fraction of sp³-hybridized carbons (Fsp3) is 0.455. The molecule has 0 aliphatic heterocycles. The normalized spacial score (nSPS) is 15.6. The minimum absolute atomic E-state index is 0.735. The molecule has 1 aliphatic rings. The Morgan fingerprint density at radius 3 is 3.12 bits per heavy atom. The lowest BCUT2D eigenvalue weighted by Gasteiger charge is -1.98. The van der Waals surface area contributed by atoms with Gasteiger partial charge < -0.3 is 9.88 Å². The lowest BCUT2D eigenvalue weighted by molar-refractivity contribution is 0.677. The quantitative estimate of drug-likeness (QED) is 0.877. The number of aryl methyl sites for hydroxylation is 1. The van der Waals surface area contributed by atoms with Gasteiger partial charge in [-0.15, -0.1) is 11.3 Å². The molecule has 2 aromatic rings. The van der Waals surface area contributed by atoms with Gasteiger partial charge in [-0.3, -0.25) is 0 Å². The van der Waals surface area contributed by atoms with Crippen LogP contribution in [-0.2, 0) is 13.6 Å². The van der Waals surface area contributed by atoms with E-state index < -0.39 is 0 Å². The SMILES string of the molecule is Cn1ccnc1-c1nc(CNC2CC2)cs1. The molecule has 16 heavy (non-hydrogen) atoms. The fourth-order valence-electron chi connectivity index (χ4n) is 1.60. The Morgan fingerprint density at radius 1 is 1.56 bits per heavy atom. The first kappa shape index (κ1) is 9.99. The van der Waals surface area contributed by atoms with Crippen molar-refractivity contribution in [3.63, 3.8) is 0 Å². The molecule has 0 saturated heterocycles. The standard InChI is InChI=1S/C11H14N4S/c1-15-5-4-12-10(15)11-14-9(7-16-11)6-13-8-2-3-8/h4-5,7-8,13H,2-3,6H2,1H3. The highest BCUT2D eigenvalue weighted by atomic mass is 32.1. The first-order valence-corrected chi connectivity index (χ1v) is 6.36. The predicted molar refractivity (Wildman–Crippen MR) is 64.2 cm³/mol. The van der Waals surface area contributed by atoms with Crippen LogP contribution in [0.1, 0.15) is 18.5 Å². The highest BCUT2D eigenvalue weighted by Crippen LogP contribution is 2.23. The maximum absolute atomic E-state index is 4.59. The zero-order valence-corrected chi connectivity index (χ0v) is 10.00. The van der Waals surface area contributed by atoms with Crippen molar-refractivity contribution < 1.29 is 0 Å². The molecule has 0 radical (unpaired) electrons. The van der Waals surface area contributed by atoms with E-state index in [2.05, 4.69) is 20.7 Å². The Morgan fingerprint density at radius 2 is 2.44 bits per heavy atom. The van der Waals surface area contributed by atoms with E-state index in [1.807, 2.05) is 17.8 Å². The Kier molecular flexibility index (Phi) is 2.49. The van der Waals surface area contributed by atoms with Crippen molar-refractivity contribution >= 4 is 11.3 Å². The van der Waals surface area contributed by atoms with Gasteiger partial charge in [-0.2, -0.15) is 0 Å². The Hall–Kier alpha value is -1.20. The lowest BCUT2D eigenvalue weighted by Crippen LogP contribution is -2.15. The van der Waals surface area contributed by atoms with Crippen molar-refractivity contribution in [3.05, 3.63) is 23.5 Å². The minimum atomic E-state index is 0.735. The second-order valence-electron chi connectivity index (χ2n) is 4.16. The molecule has 0 amide bonds. The van der Waals surface area contributed by atoms with E-state index in [9.17, 15) is 0 Å². The molecule has 1 aliphatic carbocycles. The summed E-state index contributed by atoms with van der Waals surface area (Å²) in [6.07, 6.45) is 6.38. The van der Waals surface area contributed by atoms with E-state index >= 15 is 0 Å². The first-order valence-electron chi connectivity index (χ1n) is 5.48. The molecule has 3 rings (SSSR count). The summed E-state index contributed by atoms with van der Waals surface area (Å²) in [6.45, 7) is 0.881. The van der Waals surface area contributed by atoms with E-state index in [0.717, 1.165) is 29.1 Å². The van der Waals surface area contributed by atoms with Gasteiger partial charge in [0.25, 0.3) is 0 Å². The molecule has 0 unspecified atom stereocenters. The number of thiazole rings is 1. The molecule has 2 heterocycles. The van der Waals surface area contributed by atoms with E-state index in [0.29, 0.717) is 0 Å². The number of nitrogens with one attached hydrogen (secondary N) is 1. The molecule has 0 atom stereocenters. The third-order valence-electron chi connectivity index (χ3n) is 2.71. The average Bonchev–Trinajstić information content (AvgIpc) is 2.82. The largest absolute Gasteiger partial charge is 0.332 e. The average molecular weight is 234 g/mol. The molecule has 0 spiro atoms. The van der Waals surface area contributed by atoms with Crippen molar-refractivity contribution in [1.82, 2.24) is 19.9 Å². The van der Waals surface area contributed by atoms with Gasteiger partial charge in [0.05, 0.1) is 5.69 Å². The van der Waals surface area contributed by atoms with Gasteiger partial charge in [-0.1, -0.05) is 0 Å². The van der Waals surface area contributed by atoms with Gasteiger partial charge in [0.2, 0.25) is 0 Å². The fourth-order valence-corrected chi connectivity index (χ4v) is 2.45. The van der Waals surface area contributed by atoms with E-state index in [4.69, 9.17) is 0 Å². The molecule has 0 aromatic carbocycles. The molecular formula is C11H14N4S. The van der Waals surface area contributed by atoms with Crippen LogP contribution < -0.4 is 5.32 Å². The van der Waals surface area contributed by atoms with Crippen LogP contribution >= 0.6 is 11.3 Å². The molecule has 0 bridgehead atoms. The Balaban J connectivity index is 1.74. The number of hydrogen-bond acceptors (Lipinski definition) is 4. The van der Waals surface area contributed by atoms with Crippen molar-refractivity contribution in [1.29, 1.82) is 0 Å². The zero-order chi connectivity index (χ0) is 11.0. The second-order valence-corrected chi connectivity index (χ2v) is 5.02. The van der Waals surface area contributed by atoms with Crippen LogP contribution in [0.5, 0.6) is 0 Å². The highest BCUT2D eigenvalue weighted by molar-refractivity contribution is 7.13. The van der Waals surface area contributed by atoms with Gasteiger partial charge in [0.15, 0.2) is 10.8 Å². The lowest BCUT2D eigenvalue weighted by atomic mass is 10.4. The Bertz CT molecular complexity index is 484. The topological polar surface area (TPSA) is 42.7 Å². The van der Waals surface area contributed by atoms with Crippen LogP contribution in [0.4, 0.5) is 0 Å².